The summed E-state index contributed by atoms with van der Waals surface area (Å²) < 4.78 is 5.39. The van der Waals surface area contributed by atoms with Gasteiger partial charge in [0.1, 0.15) is 5.60 Å². The van der Waals surface area contributed by atoms with Crippen molar-refractivity contribution in [1.29, 1.82) is 0 Å². The monoisotopic (exact) mass is 212 g/mol. The van der Waals surface area contributed by atoms with Crippen LogP contribution in [0.3, 0.4) is 0 Å². The van der Waals surface area contributed by atoms with Gasteiger partial charge in [-0.05, 0) is 40.2 Å². The molecule has 1 spiro atoms. The van der Waals surface area contributed by atoms with E-state index in [-0.39, 0.29) is 17.2 Å². The lowest BCUT2D eigenvalue weighted by atomic mass is 9.84. The third-order valence-corrected chi connectivity index (χ3v) is 3.21. The second kappa shape index (κ2) is 3.37. The van der Waals surface area contributed by atoms with Crippen LogP contribution in [0.25, 0.3) is 0 Å². The number of hydrogen-bond acceptors (Lipinski definition) is 3. The molecule has 0 aromatic carbocycles. The molecule has 1 N–H and O–H groups in total. The summed E-state index contributed by atoms with van der Waals surface area (Å²) in [4.78, 5) is 13.8. The molecule has 1 amide bonds. The van der Waals surface area contributed by atoms with E-state index < -0.39 is 0 Å². The number of hydrogen-bond donors (Lipinski definition) is 1. The number of likely N-dealkylation sites (tertiary alicyclic amines) is 1. The average Bonchev–Trinajstić information content (AvgIpc) is 2.47. The Labute approximate surface area is 91.0 Å². The van der Waals surface area contributed by atoms with Crippen LogP contribution in [-0.2, 0) is 4.74 Å². The van der Waals surface area contributed by atoms with Gasteiger partial charge in [-0.2, -0.15) is 0 Å². The zero-order valence-electron chi connectivity index (χ0n) is 9.80. The lowest BCUT2D eigenvalue weighted by molar-refractivity contribution is -0.0369. The number of rotatable bonds is 0. The van der Waals surface area contributed by atoms with Gasteiger partial charge in [0.2, 0.25) is 0 Å². The highest BCUT2D eigenvalue weighted by molar-refractivity contribution is 5.70. The van der Waals surface area contributed by atoms with E-state index >= 15 is 0 Å². The zero-order valence-corrected chi connectivity index (χ0v) is 9.80. The van der Waals surface area contributed by atoms with Gasteiger partial charge in [0.15, 0.2) is 0 Å². The summed E-state index contributed by atoms with van der Waals surface area (Å²) in [6, 6.07) is 0. The first-order valence-electron chi connectivity index (χ1n) is 5.64. The Kier molecular flexibility index (Phi) is 2.41. The second-order valence-electron chi connectivity index (χ2n) is 5.53. The maximum absolute atomic E-state index is 11.9. The molecule has 1 atom stereocenters. The van der Waals surface area contributed by atoms with Gasteiger partial charge in [-0.3, -0.25) is 0 Å². The van der Waals surface area contributed by atoms with Crippen molar-refractivity contribution in [3.05, 3.63) is 0 Å². The summed E-state index contributed by atoms with van der Waals surface area (Å²) in [7, 11) is 0. The number of carbonyl (C=O) groups is 1. The lowest BCUT2D eigenvalue weighted by Gasteiger charge is -2.50. The molecular weight excluding hydrogens is 192 g/mol. The van der Waals surface area contributed by atoms with Gasteiger partial charge < -0.3 is 15.0 Å². The maximum Gasteiger partial charge on any atom is 0.410 e. The number of ether oxygens (including phenoxy) is 1. The van der Waals surface area contributed by atoms with E-state index in [1.165, 1.54) is 0 Å². The number of nitrogens with one attached hydrogen (secondary N) is 1. The normalized spacial score (nSPS) is 30.5. The summed E-state index contributed by atoms with van der Waals surface area (Å²) in [6.45, 7) is 8.50. The molecule has 15 heavy (non-hydrogen) atoms. The highest BCUT2D eigenvalue weighted by atomic mass is 16.6. The summed E-state index contributed by atoms with van der Waals surface area (Å²) in [6.07, 6.45) is 2.02. The minimum atomic E-state index is -0.389. The van der Waals surface area contributed by atoms with Gasteiger partial charge in [-0.15, -0.1) is 0 Å². The molecule has 2 saturated heterocycles. The molecule has 2 aliphatic heterocycles. The lowest BCUT2D eigenvalue weighted by Crippen LogP contribution is -2.63. The molecule has 2 fully saturated rings. The molecule has 0 aromatic rings. The quantitative estimate of drug-likeness (QED) is 0.659. The van der Waals surface area contributed by atoms with Crippen molar-refractivity contribution in [2.45, 2.75) is 44.8 Å². The Hall–Kier alpha value is -0.770. The Morgan fingerprint density at radius 2 is 2.13 bits per heavy atom. The molecule has 0 radical (unpaired) electrons. The molecule has 2 heterocycles. The van der Waals surface area contributed by atoms with Crippen molar-refractivity contribution in [1.82, 2.24) is 10.2 Å². The molecule has 0 aliphatic carbocycles. The van der Waals surface area contributed by atoms with Crippen LogP contribution in [0, 0.1) is 0 Å². The Morgan fingerprint density at radius 1 is 1.40 bits per heavy atom. The van der Waals surface area contributed by atoms with E-state index in [0.29, 0.717) is 0 Å². The van der Waals surface area contributed by atoms with Gasteiger partial charge in [-0.25, -0.2) is 4.79 Å². The van der Waals surface area contributed by atoms with E-state index in [9.17, 15) is 4.79 Å². The third-order valence-electron chi connectivity index (χ3n) is 3.21. The molecule has 2 aliphatic rings. The Balaban J connectivity index is 1.97. The van der Waals surface area contributed by atoms with E-state index in [1.807, 2.05) is 25.7 Å². The van der Waals surface area contributed by atoms with Crippen molar-refractivity contribution in [2.75, 3.05) is 19.6 Å². The van der Waals surface area contributed by atoms with E-state index in [2.05, 4.69) is 5.32 Å². The zero-order chi connectivity index (χ0) is 11.1. The topological polar surface area (TPSA) is 41.6 Å². The average molecular weight is 212 g/mol. The summed E-state index contributed by atoms with van der Waals surface area (Å²) in [5, 5.41) is 3.31. The van der Waals surface area contributed by atoms with Crippen LogP contribution in [0.5, 0.6) is 0 Å². The second-order valence-corrected chi connectivity index (χ2v) is 5.53. The smallest absolute Gasteiger partial charge is 0.410 e. The number of carbonyl (C=O) groups excluding carboxylic acids is 1. The molecular formula is C11H20N2O2. The fourth-order valence-corrected chi connectivity index (χ4v) is 2.32. The first-order valence-corrected chi connectivity index (χ1v) is 5.64. The van der Waals surface area contributed by atoms with Gasteiger partial charge in [0.25, 0.3) is 0 Å². The van der Waals surface area contributed by atoms with Crippen LogP contribution in [0.4, 0.5) is 4.79 Å². The van der Waals surface area contributed by atoms with Gasteiger partial charge in [-0.1, -0.05) is 0 Å². The Morgan fingerprint density at radius 3 is 2.53 bits per heavy atom. The van der Waals surface area contributed by atoms with Gasteiger partial charge in [0.05, 0.1) is 5.54 Å². The van der Waals surface area contributed by atoms with Crippen LogP contribution in [0.15, 0.2) is 0 Å². The van der Waals surface area contributed by atoms with Crippen molar-refractivity contribution in [3.63, 3.8) is 0 Å². The predicted octanol–water partition coefficient (Wildman–Crippen LogP) is 1.36. The van der Waals surface area contributed by atoms with E-state index in [0.717, 1.165) is 32.5 Å². The summed E-state index contributed by atoms with van der Waals surface area (Å²) in [5.41, 5.74) is -0.317. The number of amides is 1. The molecule has 2 rings (SSSR count). The molecule has 0 aromatic heterocycles. The van der Waals surface area contributed by atoms with Gasteiger partial charge >= 0.3 is 6.09 Å². The molecule has 0 unspecified atom stereocenters. The molecule has 4 nitrogen and oxygen atoms in total. The molecule has 86 valence electrons. The van der Waals surface area contributed by atoms with Crippen molar-refractivity contribution < 1.29 is 9.53 Å². The first kappa shape index (κ1) is 10.7. The minimum absolute atomic E-state index is 0.0718. The Bertz CT molecular complexity index is 264. The van der Waals surface area contributed by atoms with Crippen molar-refractivity contribution in [3.8, 4) is 0 Å². The van der Waals surface area contributed by atoms with E-state index in [1.54, 1.807) is 0 Å². The largest absolute Gasteiger partial charge is 0.444 e. The van der Waals surface area contributed by atoms with Crippen LogP contribution in [0.2, 0.25) is 0 Å². The number of nitrogens with zero attached hydrogens (tertiary/aromatic N) is 1. The third kappa shape index (κ3) is 1.95. The fourth-order valence-electron chi connectivity index (χ4n) is 2.32. The maximum atomic E-state index is 11.9. The van der Waals surface area contributed by atoms with Crippen LogP contribution in [-0.4, -0.2) is 41.8 Å². The van der Waals surface area contributed by atoms with Crippen LogP contribution < -0.4 is 5.32 Å². The highest BCUT2D eigenvalue weighted by Gasteiger charge is 2.50. The summed E-state index contributed by atoms with van der Waals surface area (Å²) >= 11 is 0. The van der Waals surface area contributed by atoms with Crippen LogP contribution in [0.1, 0.15) is 33.6 Å². The minimum Gasteiger partial charge on any atom is -0.444 e. The molecule has 4 heteroatoms. The van der Waals surface area contributed by atoms with Crippen molar-refractivity contribution >= 4 is 6.09 Å². The van der Waals surface area contributed by atoms with E-state index in [4.69, 9.17) is 4.74 Å². The summed E-state index contributed by atoms with van der Waals surface area (Å²) in [5.74, 6) is 0. The standard InChI is InChI=1S/C11H20N2O2/c1-10(2,3)15-9(14)13-7-5-11(13)4-6-12-8-11/h12H,4-8H2,1-3H3/t11-/m1/s1. The fraction of sp³-hybridized carbons (Fsp3) is 0.909. The van der Waals surface area contributed by atoms with Crippen LogP contribution >= 0.6 is 0 Å². The SMILES string of the molecule is CC(C)(C)OC(=O)N1CC[C@@]12CCNC2. The predicted molar refractivity (Wildman–Crippen MR) is 57.8 cm³/mol. The molecule has 0 saturated carbocycles. The highest BCUT2D eigenvalue weighted by Crippen LogP contribution is 2.36. The molecule has 0 bridgehead atoms. The first-order chi connectivity index (χ1) is 6.93. The van der Waals surface area contributed by atoms with Gasteiger partial charge in [0, 0.05) is 13.1 Å². The van der Waals surface area contributed by atoms with Crippen molar-refractivity contribution in [2.24, 2.45) is 0 Å².